The quantitative estimate of drug-likeness (QED) is 0.347. The molecule has 3 N–H and O–H groups in total. The third kappa shape index (κ3) is 5.89. The van der Waals surface area contributed by atoms with Gasteiger partial charge in [0, 0.05) is 18.2 Å². The number of nitrogens with two attached hydrogens (primary N) is 1. The highest BCUT2D eigenvalue weighted by Gasteiger charge is 2.24. The van der Waals surface area contributed by atoms with Gasteiger partial charge in [-0.15, -0.1) is 0 Å². The highest BCUT2D eigenvalue weighted by atomic mass is 19.1. The second-order valence-electron chi connectivity index (χ2n) is 9.48. The number of carbonyl (C=O) groups excluding carboxylic acids is 1. The maximum Gasteiger partial charge on any atom is 0.255 e. The van der Waals surface area contributed by atoms with Crippen LogP contribution in [0, 0.1) is 25.5 Å². The summed E-state index contributed by atoms with van der Waals surface area (Å²) in [5, 5.41) is 7.39. The van der Waals surface area contributed by atoms with E-state index < -0.39 is 17.2 Å². The second-order valence-corrected chi connectivity index (χ2v) is 9.48. The standard InChI is InChI=1S/C28H30F2N4O3/c1-17-12-24-26(27(35)32-16-28(3,31)14-19-8-10-20(36-4)11-9-19)18(2)33-34(24)25(13-17)37-15-21-22(29)6-5-7-23(21)30/h5-13H,14-16,31H2,1-4H3,(H,32,35). The first kappa shape index (κ1) is 26.1. The zero-order valence-corrected chi connectivity index (χ0v) is 21.3. The predicted octanol–water partition coefficient (Wildman–Crippen LogP) is 4.51. The smallest absolute Gasteiger partial charge is 0.255 e. The van der Waals surface area contributed by atoms with Gasteiger partial charge in [0.25, 0.3) is 5.91 Å². The number of methoxy groups -OCH3 is 1. The largest absolute Gasteiger partial charge is 0.497 e. The summed E-state index contributed by atoms with van der Waals surface area (Å²) in [6.45, 7) is 5.34. The molecule has 194 valence electrons. The first-order valence-electron chi connectivity index (χ1n) is 11.8. The van der Waals surface area contributed by atoms with Crippen molar-refractivity contribution < 1.29 is 23.0 Å². The van der Waals surface area contributed by atoms with E-state index in [0.29, 0.717) is 23.2 Å². The Hall–Kier alpha value is -3.98. The summed E-state index contributed by atoms with van der Waals surface area (Å²) in [7, 11) is 1.61. The highest BCUT2D eigenvalue weighted by molar-refractivity contribution is 6.02. The van der Waals surface area contributed by atoms with Crippen molar-refractivity contribution >= 4 is 11.4 Å². The molecule has 1 unspecified atom stereocenters. The SMILES string of the molecule is COc1ccc(CC(C)(N)CNC(=O)c2c(C)nn3c(OCc4c(F)cccc4F)cc(C)cc23)cc1. The zero-order chi connectivity index (χ0) is 26.7. The molecule has 37 heavy (non-hydrogen) atoms. The minimum atomic E-state index is -0.699. The summed E-state index contributed by atoms with van der Waals surface area (Å²) in [4.78, 5) is 13.2. The Balaban J connectivity index is 1.52. The highest BCUT2D eigenvalue weighted by Crippen LogP contribution is 2.25. The lowest BCUT2D eigenvalue weighted by Crippen LogP contribution is -2.49. The van der Waals surface area contributed by atoms with Gasteiger partial charge in [0.1, 0.15) is 24.0 Å². The molecule has 2 heterocycles. The summed E-state index contributed by atoms with van der Waals surface area (Å²) in [6.07, 6.45) is 0.550. The van der Waals surface area contributed by atoms with Gasteiger partial charge >= 0.3 is 0 Å². The molecule has 9 heteroatoms. The number of pyridine rings is 1. The van der Waals surface area contributed by atoms with Crippen molar-refractivity contribution in [3.05, 3.63) is 94.2 Å². The van der Waals surface area contributed by atoms with Gasteiger partial charge in [-0.1, -0.05) is 18.2 Å². The summed E-state index contributed by atoms with van der Waals surface area (Å²) < 4.78 is 40.5. The zero-order valence-electron chi connectivity index (χ0n) is 21.3. The Morgan fingerprint density at radius 3 is 2.43 bits per heavy atom. The fraction of sp³-hybridized carbons (Fsp3) is 0.286. The van der Waals surface area contributed by atoms with E-state index in [1.54, 1.807) is 20.1 Å². The molecular weight excluding hydrogens is 478 g/mol. The van der Waals surface area contributed by atoms with Gasteiger partial charge in [0.2, 0.25) is 5.88 Å². The van der Waals surface area contributed by atoms with Gasteiger partial charge in [-0.2, -0.15) is 9.61 Å². The van der Waals surface area contributed by atoms with Crippen LogP contribution in [-0.4, -0.2) is 34.7 Å². The average molecular weight is 509 g/mol. The Morgan fingerprint density at radius 1 is 1.11 bits per heavy atom. The van der Waals surface area contributed by atoms with Gasteiger partial charge < -0.3 is 20.5 Å². The number of benzene rings is 2. The van der Waals surface area contributed by atoms with E-state index in [9.17, 15) is 13.6 Å². The summed E-state index contributed by atoms with van der Waals surface area (Å²) in [5.74, 6) is -0.684. The van der Waals surface area contributed by atoms with Gasteiger partial charge in [-0.25, -0.2) is 8.78 Å². The number of amides is 1. The fourth-order valence-corrected chi connectivity index (χ4v) is 4.20. The maximum absolute atomic E-state index is 14.1. The van der Waals surface area contributed by atoms with E-state index in [1.165, 1.54) is 22.7 Å². The van der Waals surface area contributed by atoms with Crippen molar-refractivity contribution in [2.24, 2.45) is 5.73 Å². The number of ether oxygens (including phenoxy) is 2. The number of aryl methyl sites for hydroxylation is 2. The van der Waals surface area contributed by atoms with E-state index in [4.69, 9.17) is 15.2 Å². The number of halogens is 2. The Morgan fingerprint density at radius 2 is 1.78 bits per heavy atom. The summed E-state index contributed by atoms with van der Waals surface area (Å²) >= 11 is 0. The van der Waals surface area contributed by atoms with Gasteiger partial charge in [0.15, 0.2) is 0 Å². The number of nitrogens with one attached hydrogen (secondary N) is 1. The van der Waals surface area contributed by atoms with E-state index in [0.717, 1.165) is 16.9 Å². The average Bonchev–Trinajstić information content (AvgIpc) is 3.18. The Kier molecular flexibility index (Phi) is 7.45. The van der Waals surface area contributed by atoms with E-state index in [1.807, 2.05) is 44.2 Å². The molecule has 0 saturated carbocycles. The molecule has 4 rings (SSSR count). The molecule has 0 radical (unpaired) electrons. The molecule has 0 saturated heterocycles. The number of aromatic nitrogens is 2. The van der Waals surface area contributed by atoms with Gasteiger partial charge in [-0.3, -0.25) is 4.79 Å². The molecule has 0 aliphatic heterocycles. The van der Waals surface area contributed by atoms with E-state index >= 15 is 0 Å². The summed E-state index contributed by atoms with van der Waals surface area (Å²) in [6, 6.07) is 14.8. The molecule has 1 atom stereocenters. The molecule has 0 spiro atoms. The Bertz CT molecular complexity index is 1410. The topological polar surface area (TPSA) is 90.9 Å². The van der Waals surface area contributed by atoms with E-state index in [2.05, 4.69) is 10.4 Å². The van der Waals surface area contributed by atoms with Gasteiger partial charge in [-0.05, 0) is 68.7 Å². The van der Waals surface area contributed by atoms with Crippen LogP contribution in [0.2, 0.25) is 0 Å². The van der Waals surface area contributed by atoms with Crippen LogP contribution < -0.4 is 20.5 Å². The molecule has 0 aliphatic carbocycles. The van der Waals surface area contributed by atoms with Gasteiger partial charge in [0.05, 0.1) is 29.4 Å². The number of carbonyl (C=O) groups is 1. The van der Waals surface area contributed by atoms with E-state index in [-0.39, 0.29) is 30.5 Å². The molecule has 2 aromatic heterocycles. The van der Waals surface area contributed by atoms with Crippen LogP contribution in [0.15, 0.2) is 54.6 Å². The normalized spacial score (nSPS) is 12.8. The van der Waals surface area contributed by atoms with Crippen molar-refractivity contribution in [1.82, 2.24) is 14.9 Å². The molecular formula is C28H30F2N4O3. The second kappa shape index (κ2) is 10.6. The molecule has 0 aliphatic rings. The number of nitrogens with zero attached hydrogens (tertiary/aromatic N) is 2. The number of fused-ring (bicyclic) bond motifs is 1. The molecule has 1 amide bonds. The first-order chi connectivity index (χ1) is 17.6. The fourth-order valence-electron chi connectivity index (χ4n) is 4.20. The number of hydrogen-bond acceptors (Lipinski definition) is 5. The first-order valence-corrected chi connectivity index (χ1v) is 11.8. The van der Waals surface area contributed by atoms with Crippen LogP contribution in [-0.2, 0) is 13.0 Å². The third-order valence-electron chi connectivity index (χ3n) is 6.09. The number of hydrogen-bond donors (Lipinski definition) is 2. The van der Waals surface area contributed by atoms with Crippen molar-refractivity contribution in [2.45, 2.75) is 39.3 Å². The number of rotatable bonds is 9. The minimum absolute atomic E-state index is 0.182. The van der Waals surface area contributed by atoms with Crippen molar-refractivity contribution in [2.75, 3.05) is 13.7 Å². The van der Waals surface area contributed by atoms with Crippen molar-refractivity contribution in [3.8, 4) is 11.6 Å². The predicted molar refractivity (Wildman–Crippen MR) is 137 cm³/mol. The van der Waals surface area contributed by atoms with Crippen LogP contribution in [0.5, 0.6) is 11.6 Å². The van der Waals surface area contributed by atoms with Crippen molar-refractivity contribution in [3.63, 3.8) is 0 Å². The lowest BCUT2D eigenvalue weighted by Gasteiger charge is -2.25. The molecule has 7 nitrogen and oxygen atoms in total. The van der Waals surface area contributed by atoms with Crippen LogP contribution in [0.4, 0.5) is 8.78 Å². The molecule has 4 aromatic rings. The third-order valence-corrected chi connectivity index (χ3v) is 6.09. The van der Waals surface area contributed by atoms with Crippen LogP contribution in [0.3, 0.4) is 0 Å². The lowest BCUT2D eigenvalue weighted by molar-refractivity contribution is 0.0945. The monoisotopic (exact) mass is 508 g/mol. The molecule has 2 aromatic carbocycles. The van der Waals surface area contributed by atoms with Crippen LogP contribution >= 0.6 is 0 Å². The van der Waals surface area contributed by atoms with Crippen LogP contribution in [0.1, 0.15) is 39.7 Å². The lowest BCUT2D eigenvalue weighted by atomic mass is 9.93. The van der Waals surface area contributed by atoms with Crippen molar-refractivity contribution in [1.29, 1.82) is 0 Å². The molecule has 0 bridgehead atoms. The summed E-state index contributed by atoms with van der Waals surface area (Å²) in [5.41, 5.74) is 8.82. The molecule has 0 fully saturated rings. The van der Waals surface area contributed by atoms with Crippen LogP contribution in [0.25, 0.3) is 5.52 Å². The minimum Gasteiger partial charge on any atom is -0.497 e. The Labute approximate surface area is 214 Å². The maximum atomic E-state index is 14.1.